The number of nitrogens with two attached hydrogens (primary N) is 2. The van der Waals surface area contributed by atoms with Gasteiger partial charge in [0.15, 0.2) is 6.61 Å². The number of benzene rings is 1. The molecule has 0 amide bonds. The summed E-state index contributed by atoms with van der Waals surface area (Å²) in [5, 5.41) is 9.08. The van der Waals surface area contributed by atoms with Crippen LogP contribution in [-0.4, -0.2) is 47.6 Å². The van der Waals surface area contributed by atoms with Gasteiger partial charge < -0.3 is 26.0 Å². The Morgan fingerprint density at radius 2 is 1.84 bits per heavy atom. The van der Waals surface area contributed by atoms with E-state index in [9.17, 15) is 14.4 Å². The Labute approximate surface area is 226 Å². The topological polar surface area (TPSA) is 142 Å². The Kier molecular flexibility index (Phi) is 11.2. The predicted octanol–water partition coefficient (Wildman–Crippen LogP) is 4.04. The average Bonchev–Trinajstić information content (AvgIpc) is 3.19. The summed E-state index contributed by atoms with van der Waals surface area (Å²) in [4.78, 5) is 36.1. The summed E-state index contributed by atoms with van der Waals surface area (Å²) in [6.45, 7) is 5.19. The Morgan fingerprint density at radius 3 is 2.50 bits per heavy atom. The number of esters is 1. The summed E-state index contributed by atoms with van der Waals surface area (Å²) in [5.41, 5.74) is 14.0. The van der Waals surface area contributed by atoms with Gasteiger partial charge in [-0.25, -0.2) is 4.79 Å². The van der Waals surface area contributed by atoms with E-state index in [2.05, 4.69) is 13.0 Å². The monoisotopic (exact) mass is 530 g/mol. The molecular weight excluding hydrogens is 484 g/mol. The number of carbonyl (C=O) groups is 3. The van der Waals surface area contributed by atoms with Gasteiger partial charge in [0.2, 0.25) is 0 Å². The van der Waals surface area contributed by atoms with Crippen molar-refractivity contribution in [3.63, 3.8) is 0 Å². The zero-order valence-electron chi connectivity index (χ0n) is 23.2. The summed E-state index contributed by atoms with van der Waals surface area (Å²) in [6.07, 6.45) is 8.57. The highest BCUT2D eigenvalue weighted by Gasteiger charge is 2.46. The van der Waals surface area contributed by atoms with Crippen LogP contribution in [-0.2, 0) is 32.0 Å². The highest BCUT2D eigenvalue weighted by Crippen LogP contribution is 2.52. The number of fused-ring (bicyclic) bond motifs is 2. The molecule has 7 atom stereocenters. The molecule has 1 fully saturated rings. The Balaban J connectivity index is 1.79. The zero-order chi connectivity index (χ0) is 27.8. The van der Waals surface area contributed by atoms with Crippen molar-refractivity contribution >= 4 is 17.7 Å². The number of carboxylic acid groups (broad SMARTS) is 1. The molecule has 0 saturated heterocycles. The molecule has 2 aliphatic carbocycles. The third-order valence-corrected chi connectivity index (χ3v) is 8.45. The van der Waals surface area contributed by atoms with Gasteiger partial charge in [-0.2, -0.15) is 0 Å². The van der Waals surface area contributed by atoms with E-state index in [0.717, 1.165) is 63.4 Å². The molecular formula is C30H46N2O6. The fourth-order valence-corrected chi connectivity index (χ4v) is 6.48. The SMILES string of the molecule is CCCCC[C@@H](CC[C@H]1[C@H](CC(=O)C(C)N)C[C@@H]2Cc3c(cccc3OCC(=O)O)C[C@@H]21)OC(=O)C(C)N. The quantitative estimate of drug-likeness (QED) is 0.228. The number of aliphatic carboxylic acids is 1. The van der Waals surface area contributed by atoms with Gasteiger partial charge in [0, 0.05) is 6.42 Å². The van der Waals surface area contributed by atoms with Gasteiger partial charge in [0.05, 0.1) is 6.04 Å². The van der Waals surface area contributed by atoms with Crippen molar-refractivity contribution in [3.8, 4) is 5.75 Å². The van der Waals surface area contributed by atoms with Crippen molar-refractivity contribution in [2.45, 2.75) is 103 Å². The van der Waals surface area contributed by atoms with Crippen LogP contribution in [0.25, 0.3) is 0 Å². The molecule has 1 saturated carbocycles. The molecule has 2 unspecified atom stereocenters. The summed E-state index contributed by atoms with van der Waals surface area (Å²) >= 11 is 0. The molecule has 0 radical (unpaired) electrons. The van der Waals surface area contributed by atoms with Gasteiger partial charge in [-0.15, -0.1) is 0 Å². The van der Waals surface area contributed by atoms with E-state index >= 15 is 0 Å². The Hall–Kier alpha value is -2.45. The molecule has 0 spiro atoms. The molecule has 0 aliphatic heterocycles. The van der Waals surface area contributed by atoms with Crippen LogP contribution in [0.15, 0.2) is 18.2 Å². The smallest absolute Gasteiger partial charge is 0.341 e. The van der Waals surface area contributed by atoms with Gasteiger partial charge in [0.1, 0.15) is 23.7 Å². The lowest BCUT2D eigenvalue weighted by Gasteiger charge is -2.33. The fourth-order valence-electron chi connectivity index (χ4n) is 6.48. The largest absolute Gasteiger partial charge is 0.482 e. The van der Waals surface area contributed by atoms with Crippen molar-refractivity contribution in [3.05, 3.63) is 29.3 Å². The second-order valence-corrected chi connectivity index (χ2v) is 11.4. The van der Waals surface area contributed by atoms with E-state index in [1.807, 2.05) is 12.1 Å². The van der Waals surface area contributed by atoms with Crippen molar-refractivity contribution in [1.82, 2.24) is 0 Å². The number of hydrogen-bond donors (Lipinski definition) is 3. The maximum atomic E-state index is 12.7. The molecule has 1 aromatic carbocycles. The second-order valence-electron chi connectivity index (χ2n) is 11.4. The highest BCUT2D eigenvalue weighted by atomic mass is 16.5. The summed E-state index contributed by atoms with van der Waals surface area (Å²) in [5.74, 6) is 0.716. The lowest BCUT2D eigenvalue weighted by atomic mass is 9.72. The van der Waals surface area contributed by atoms with Gasteiger partial charge in [0.25, 0.3) is 0 Å². The second kappa shape index (κ2) is 14.1. The third kappa shape index (κ3) is 8.03. The molecule has 3 rings (SSSR count). The lowest BCUT2D eigenvalue weighted by molar-refractivity contribution is -0.151. The summed E-state index contributed by atoms with van der Waals surface area (Å²) in [6, 6.07) is 4.74. The Bertz CT molecular complexity index is 962. The standard InChI is InChI=1S/C30H46N2O6/c1-4-5-6-9-23(38-30(36)19(3)32)11-12-24-22(16-27(33)18(2)31)13-21-15-26-20(14-25(21)24)8-7-10-28(26)37-17-29(34)35/h7-8,10,18-19,21-25H,4-6,9,11-17,31-32H2,1-3H3,(H,34,35)/t18?,19?,21-,22+,23+,24+,25+/m1/s1. The number of ether oxygens (including phenoxy) is 2. The van der Waals surface area contributed by atoms with Gasteiger partial charge in [-0.05, 0) is 99.7 Å². The number of carbonyl (C=O) groups excluding carboxylic acids is 2. The molecule has 5 N–H and O–H groups in total. The first-order valence-electron chi connectivity index (χ1n) is 14.3. The number of rotatable bonds is 15. The summed E-state index contributed by atoms with van der Waals surface area (Å²) < 4.78 is 11.4. The molecule has 1 aromatic rings. The van der Waals surface area contributed by atoms with Crippen molar-refractivity contribution in [1.29, 1.82) is 0 Å². The van der Waals surface area contributed by atoms with Crippen LogP contribution in [0.1, 0.15) is 83.3 Å². The van der Waals surface area contributed by atoms with Crippen LogP contribution in [0.3, 0.4) is 0 Å². The van der Waals surface area contributed by atoms with E-state index in [0.29, 0.717) is 29.9 Å². The minimum Gasteiger partial charge on any atom is -0.482 e. The zero-order valence-corrected chi connectivity index (χ0v) is 23.2. The number of carboxylic acids is 1. The molecule has 8 nitrogen and oxygen atoms in total. The number of ketones is 1. The van der Waals surface area contributed by atoms with Crippen LogP contribution in [0, 0.1) is 23.7 Å². The first-order valence-corrected chi connectivity index (χ1v) is 14.3. The molecule has 0 bridgehead atoms. The van der Waals surface area contributed by atoms with E-state index in [-0.39, 0.29) is 30.4 Å². The van der Waals surface area contributed by atoms with Gasteiger partial charge >= 0.3 is 11.9 Å². The van der Waals surface area contributed by atoms with Crippen LogP contribution < -0.4 is 16.2 Å². The first kappa shape index (κ1) is 30.1. The Morgan fingerprint density at radius 1 is 1.08 bits per heavy atom. The maximum absolute atomic E-state index is 12.7. The van der Waals surface area contributed by atoms with E-state index in [1.54, 1.807) is 13.8 Å². The van der Waals surface area contributed by atoms with Crippen LogP contribution in [0.4, 0.5) is 0 Å². The normalized spacial score (nSPS) is 24.6. The number of Topliss-reactive ketones (excluding diaryl/α,β-unsaturated/α-hetero) is 1. The van der Waals surface area contributed by atoms with Crippen LogP contribution >= 0.6 is 0 Å². The van der Waals surface area contributed by atoms with E-state index in [4.69, 9.17) is 26.0 Å². The minimum absolute atomic E-state index is 0.0875. The molecule has 0 heterocycles. The molecule has 2 aliphatic rings. The first-order chi connectivity index (χ1) is 18.1. The predicted molar refractivity (Wildman–Crippen MR) is 146 cm³/mol. The fraction of sp³-hybridized carbons (Fsp3) is 0.700. The molecule has 38 heavy (non-hydrogen) atoms. The average molecular weight is 531 g/mol. The van der Waals surface area contributed by atoms with Crippen molar-refractivity contribution in [2.24, 2.45) is 35.1 Å². The van der Waals surface area contributed by atoms with Crippen LogP contribution in [0.5, 0.6) is 5.75 Å². The number of unbranched alkanes of at least 4 members (excludes halogenated alkanes) is 2. The number of hydrogen-bond acceptors (Lipinski definition) is 7. The van der Waals surface area contributed by atoms with Crippen LogP contribution in [0.2, 0.25) is 0 Å². The molecule has 212 valence electrons. The van der Waals surface area contributed by atoms with Crippen molar-refractivity contribution in [2.75, 3.05) is 6.61 Å². The minimum atomic E-state index is -0.995. The highest BCUT2D eigenvalue weighted by molar-refractivity contribution is 5.83. The van der Waals surface area contributed by atoms with Gasteiger partial charge in [-0.3, -0.25) is 9.59 Å². The van der Waals surface area contributed by atoms with E-state index < -0.39 is 18.1 Å². The third-order valence-electron chi connectivity index (χ3n) is 8.45. The summed E-state index contributed by atoms with van der Waals surface area (Å²) in [7, 11) is 0. The van der Waals surface area contributed by atoms with Crippen molar-refractivity contribution < 1.29 is 29.0 Å². The van der Waals surface area contributed by atoms with Gasteiger partial charge in [-0.1, -0.05) is 31.9 Å². The lowest BCUT2D eigenvalue weighted by Crippen LogP contribution is -2.33. The maximum Gasteiger partial charge on any atom is 0.341 e. The molecule has 8 heteroatoms. The van der Waals surface area contributed by atoms with E-state index in [1.165, 1.54) is 5.56 Å². The molecule has 0 aromatic heterocycles.